The Hall–Kier alpha value is -1.51. The molecule has 1 fully saturated rings. The second-order valence-electron chi connectivity index (χ2n) is 4.17. The summed E-state index contributed by atoms with van der Waals surface area (Å²) in [7, 11) is 0. The highest BCUT2D eigenvalue weighted by molar-refractivity contribution is 5.70. The quantitative estimate of drug-likeness (QED) is 0.701. The van der Waals surface area contributed by atoms with Crippen LogP contribution in [0.25, 0.3) is 0 Å². The van der Waals surface area contributed by atoms with Crippen LogP contribution >= 0.6 is 0 Å². The molecule has 1 saturated heterocycles. The summed E-state index contributed by atoms with van der Waals surface area (Å²) in [4.78, 5) is 11.2. The maximum Gasteiger partial charge on any atom is 0.408 e. The van der Waals surface area contributed by atoms with Gasteiger partial charge in [-0.3, -0.25) is 0 Å². The maximum atomic E-state index is 11.2. The van der Waals surface area contributed by atoms with Crippen LogP contribution in [-0.4, -0.2) is 12.1 Å². The molecule has 3 heteroatoms. The molecule has 0 saturated carbocycles. The minimum atomic E-state index is -0.276. The van der Waals surface area contributed by atoms with Gasteiger partial charge in [-0.1, -0.05) is 24.3 Å². The van der Waals surface area contributed by atoms with Crippen molar-refractivity contribution in [3.05, 3.63) is 35.4 Å². The normalized spacial score (nSPS) is 28.4. The van der Waals surface area contributed by atoms with Crippen LogP contribution in [0.4, 0.5) is 4.79 Å². The number of aryl methyl sites for hydroxylation is 1. The van der Waals surface area contributed by atoms with Gasteiger partial charge >= 0.3 is 6.09 Å². The van der Waals surface area contributed by atoms with Crippen LogP contribution in [0.2, 0.25) is 0 Å². The molecule has 1 N–H and O–H groups in total. The lowest BCUT2D eigenvalue weighted by Crippen LogP contribution is -2.26. The summed E-state index contributed by atoms with van der Waals surface area (Å²) in [5.41, 5.74) is 2.50. The van der Waals surface area contributed by atoms with E-state index in [1.54, 1.807) is 0 Å². The number of fused-ring (bicyclic) bond motifs is 3. The fraction of sp³-hybridized carbons (Fsp3) is 0.417. The van der Waals surface area contributed by atoms with Crippen LogP contribution in [-0.2, 0) is 11.2 Å². The van der Waals surface area contributed by atoms with Crippen LogP contribution in [0, 0.1) is 0 Å². The van der Waals surface area contributed by atoms with E-state index in [0.717, 1.165) is 19.3 Å². The molecule has 0 aromatic heterocycles. The number of alkyl carbamates (subject to hydrolysis) is 1. The molecule has 3 rings (SSSR count). The number of carbonyl (C=O) groups is 1. The number of benzene rings is 1. The van der Waals surface area contributed by atoms with Gasteiger partial charge in [0.2, 0.25) is 0 Å². The Morgan fingerprint density at radius 2 is 2.20 bits per heavy atom. The molecule has 1 aromatic rings. The predicted molar refractivity (Wildman–Crippen MR) is 55.5 cm³/mol. The number of hydrogen-bond donors (Lipinski definition) is 1. The van der Waals surface area contributed by atoms with Gasteiger partial charge in [0.15, 0.2) is 0 Å². The number of ether oxygens (including phenoxy) is 1. The lowest BCUT2D eigenvalue weighted by molar-refractivity contribution is 0.132. The second kappa shape index (κ2) is 3.26. The van der Waals surface area contributed by atoms with Crippen molar-refractivity contribution in [2.45, 2.75) is 31.4 Å². The molecule has 1 amide bonds. The third-order valence-electron chi connectivity index (χ3n) is 3.23. The van der Waals surface area contributed by atoms with Gasteiger partial charge in [-0.25, -0.2) is 4.79 Å². The van der Waals surface area contributed by atoms with Crippen molar-refractivity contribution < 1.29 is 9.53 Å². The van der Waals surface area contributed by atoms with Gasteiger partial charge in [0.1, 0.15) is 6.10 Å². The molecule has 1 heterocycles. The van der Waals surface area contributed by atoms with Crippen molar-refractivity contribution in [2.24, 2.45) is 0 Å². The van der Waals surface area contributed by atoms with Gasteiger partial charge in [-0.2, -0.15) is 0 Å². The molecule has 0 radical (unpaired) electrons. The van der Waals surface area contributed by atoms with Crippen LogP contribution in [0.5, 0.6) is 0 Å². The van der Waals surface area contributed by atoms with Crippen molar-refractivity contribution in [1.82, 2.24) is 5.32 Å². The highest BCUT2D eigenvalue weighted by Crippen LogP contribution is 2.34. The van der Waals surface area contributed by atoms with Crippen molar-refractivity contribution >= 4 is 6.09 Å². The van der Waals surface area contributed by atoms with Crippen molar-refractivity contribution in [3.8, 4) is 0 Å². The summed E-state index contributed by atoms with van der Waals surface area (Å²) in [5.74, 6) is 0. The van der Waals surface area contributed by atoms with Gasteiger partial charge in [-0.05, 0) is 30.4 Å². The Morgan fingerprint density at radius 1 is 1.33 bits per heavy atom. The Labute approximate surface area is 88.4 Å². The molecule has 2 atom stereocenters. The highest BCUT2D eigenvalue weighted by Gasteiger charge is 2.37. The lowest BCUT2D eigenvalue weighted by Gasteiger charge is -2.15. The van der Waals surface area contributed by atoms with E-state index in [-0.39, 0.29) is 18.2 Å². The van der Waals surface area contributed by atoms with Crippen molar-refractivity contribution in [1.29, 1.82) is 0 Å². The van der Waals surface area contributed by atoms with Crippen LogP contribution in [0.3, 0.4) is 0 Å². The average Bonchev–Trinajstić information content (AvgIpc) is 2.52. The number of hydrogen-bond acceptors (Lipinski definition) is 2. The van der Waals surface area contributed by atoms with Crippen LogP contribution in [0.1, 0.15) is 30.1 Å². The highest BCUT2D eigenvalue weighted by atomic mass is 16.6. The smallest absolute Gasteiger partial charge is 0.408 e. The summed E-state index contributed by atoms with van der Waals surface area (Å²) in [6.45, 7) is 0. The minimum absolute atomic E-state index is 0.0730. The Kier molecular flexibility index (Phi) is 1.91. The van der Waals surface area contributed by atoms with E-state index in [0.29, 0.717) is 0 Å². The number of carbonyl (C=O) groups excluding carboxylic acids is 1. The largest absolute Gasteiger partial charge is 0.439 e. The van der Waals surface area contributed by atoms with Gasteiger partial charge in [0.25, 0.3) is 0 Å². The molecule has 0 unspecified atom stereocenters. The van der Waals surface area contributed by atoms with Gasteiger partial charge in [0.05, 0.1) is 6.04 Å². The van der Waals surface area contributed by atoms with Gasteiger partial charge in [0, 0.05) is 0 Å². The molecule has 15 heavy (non-hydrogen) atoms. The number of rotatable bonds is 0. The van der Waals surface area contributed by atoms with E-state index in [9.17, 15) is 4.79 Å². The standard InChI is InChI=1S/C12H13NO2/c14-12-13-10-7-3-5-8-4-1-2-6-9(8)11(10)15-12/h1-2,4,6,10-11H,3,5,7H2,(H,13,14)/t10-,11+/m0/s1. The molecule has 1 aliphatic carbocycles. The predicted octanol–water partition coefficient (Wildman–Crippen LogP) is 2.17. The minimum Gasteiger partial charge on any atom is -0.439 e. The molecule has 0 bridgehead atoms. The number of amides is 1. The first-order chi connectivity index (χ1) is 7.34. The first-order valence-corrected chi connectivity index (χ1v) is 5.39. The molecule has 78 valence electrons. The maximum absolute atomic E-state index is 11.2. The zero-order valence-corrected chi connectivity index (χ0v) is 8.40. The molecular formula is C12H13NO2. The second-order valence-corrected chi connectivity index (χ2v) is 4.17. The zero-order valence-electron chi connectivity index (χ0n) is 8.40. The summed E-state index contributed by atoms with van der Waals surface area (Å²) in [6, 6.07) is 8.42. The van der Waals surface area contributed by atoms with E-state index in [1.165, 1.54) is 11.1 Å². The molecule has 2 aliphatic rings. The van der Waals surface area contributed by atoms with E-state index in [1.807, 2.05) is 12.1 Å². The first-order valence-electron chi connectivity index (χ1n) is 5.39. The van der Waals surface area contributed by atoms with Gasteiger partial charge in [-0.15, -0.1) is 0 Å². The molecule has 1 aliphatic heterocycles. The molecule has 3 nitrogen and oxygen atoms in total. The van der Waals surface area contributed by atoms with E-state index in [2.05, 4.69) is 17.4 Å². The first kappa shape index (κ1) is 8.77. The van der Waals surface area contributed by atoms with E-state index >= 15 is 0 Å². The third kappa shape index (κ3) is 1.39. The zero-order chi connectivity index (χ0) is 10.3. The lowest BCUT2D eigenvalue weighted by atomic mass is 9.99. The molecule has 1 aromatic carbocycles. The molecule has 0 spiro atoms. The topological polar surface area (TPSA) is 38.3 Å². The Bertz CT molecular complexity index is 402. The Balaban J connectivity index is 2.04. The van der Waals surface area contributed by atoms with Crippen LogP contribution in [0.15, 0.2) is 24.3 Å². The van der Waals surface area contributed by atoms with E-state index in [4.69, 9.17) is 4.74 Å². The van der Waals surface area contributed by atoms with Crippen molar-refractivity contribution in [3.63, 3.8) is 0 Å². The number of nitrogens with one attached hydrogen (secondary N) is 1. The summed E-state index contributed by atoms with van der Waals surface area (Å²) in [5, 5.41) is 2.88. The monoisotopic (exact) mass is 203 g/mol. The van der Waals surface area contributed by atoms with Gasteiger partial charge < -0.3 is 10.1 Å². The third-order valence-corrected chi connectivity index (χ3v) is 3.23. The van der Waals surface area contributed by atoms with Crippen LogP contribution < -0.4 is 5.32 Å². The average molecular weight is 203 g/mol. The fourth-order valence-electron chi connectivity index (χ4n) is 2.51. The Morgan fingerprint density at radius 3 is 3.13 bits per heavy atom. The molecular weight excluding hydrogens is 190 g/mol. The summed E-state index contributed by atoms with van der Waals surface area (Å²) in [6.07, 6.45) is 2.85. The van der Waals surface area contributed by atoms with E-state index < -0.39 is 0 Å². The fourth-order valence-corrected chi connectivity index (χ4v) is 2.51. The summed E-state index contributed by atoms with van der Waals surface area (Å²) < 4.78 is 5.32. The SMILES string of the molecule is O=C1N[C@H]2CCCc3ccccc3[C@H]2O1. The van der Waals surface area contributed by atoms with Crippen molar-refractivity contribution in [2.75, 3.05) is 0 Å². The summed E-state index contributed by atoms with van der Waals surface area (Å²) >= 11 is 0.